The summed E-state index contributed by atoms with van der Waals surface area (Å²) in [5, 5.41) is 0. The number of fused-ring (bicyclic) bond motifs is 1. The number of carbonyl (C=O) groups excluding carboxylic acids is 1. The highest BCUT2D eigenvalue weighted by Gasteiger charge is 2.35. The average molecular weight is 381 g/mol. The fraction of sp³-hybridized carbons (Fsp3) is 0.350. The van der Waals surface area contributed by atoms with Crippen LogP contribution in [0, 0.1) is 5.82 Å². The molecule has 2 aromatic carbocycles. The van der Waals surface area contributed by atoms with Gasteiger partial charge in [0, 0.05) is 18.7 Å². The molecular formula is C20H19F4NO2. The Kier molecular flexibility index (Phi) is 4.66. The number of hydrogen-bond acceptors (Lipinski definition) is 2. The number of hydrogen-bond donors (Lipinski definition) is 0. The second-order valence-corrected chi connectivity index (χ2v) is 7.48. The van der Waals surface area contributed by atoms with Crippen LogP contribution in [0.2, 0.25) is 0 Å². The lowest BCUT2D eigenvalue weighted by Crippen LogP contribution is -2.33. The number of benzene rings is 2. The highest BCUT2D eigenvalue weighted by Crippen LogP contribution is 2.39. The minimum absolute atomic E-state index is 0.130. The molecule has 0 N–H and O–H groups in total. The van der Waals surface area contributed by atoms with E-state index in [0.717, 1.165) is 23.8 Å². The van der Waals surface area contributed by atoms with Crippen molar-refractivity contribution in [3.05, 3.63) is 58.9 Å². The van der Waals surface area contributed by atoms with Gasteiger partial charge in [-0.1, -0.05) is 18.2 Å². The number of alkyl halides is 3. The van der Waals surface area contributed by atoms with Crippen LogP contribution in [0.25, 0.3) is 11.1 Å². The Morgan fingerprint density at radius 3 is 2.33 bits per heavy atom. The first-order valence-corrected chi connectivity index (χ1v) is 8.41. The third kappa shape index (κ3) is 4.07. The molecule has 0 fully saturated rings. The Morgan fingerprint density at radius 2 is 1.70 bits per heavy atom. The van der Waals surface area contributed by atoms with Gasteiger partial charge in [0.05, 0.1) is 5.56 Å². The summed E-state index contributed by atoms with van der Waals surface area (Å²) in [6.45, 7) is 5.76. The summed E-state index contributed by atoms with van der Waals surface area (Å²) in [6.07, 6.45) is -5.17. The Balaban J connectivity index is 1.93. The van der Waals surface area contributed by atoms with E-state index in [-0.39, 0.29) is 12.1 Å². The molecule has 0 radical (unpaired) electrons. The van der Waals surface area contributed by atoms with Gasteiger partial charge in [0.25, 0.3) is 0 Å². The van der Waals surface area contributed by atoms with Crippen LogP contribution in [0.15, 0.2) is 36.4 Å². The van der Waals surface area contributed by atoms with Crippen LogP contribution in [0.4, 0.5) is 22.4 Å². The van der Waals surface area contributed by atoms with Crippen molar-refractivity contribution in [2.45, 2.75) is 45.6 Å². The maximum Gasteiger partial charge on any atom is 0.417 e. The van der Waals surface area contributed by atoms with Gasteiger partial charge in [-0.05, 0) is 55.7 Å². The number of carbonyl (C=O) groups is 1. The molecule has 0 unspecified atom stereocenters. The molecule has 1 aliphatic rings. The van der Waals surface area contributed by atoms with E-state index in [1.807, 2.05) is 0 Å². The van der Waals surface area contributed by atoms with Crippen molar-refractivity contribution >= 4 is 6.09 Å². The standard InChI is InChI=1S/C20H19F4NO2/c1-19(2,3)27-18(26)25-10-13-8-7-12(9-14(13)11-25)17-15(20(22,23)24)5-4-6-16(17)21/h4-9H,10-11H2,1-3H3. The fourth-order valence-electron chi connectivity index (χ4n) is 3.06. The largest absolute Gasteiger partial charge is 0.444 e. The molecule has 0 aromatic heterocycles. The first-order chi connectivity index (χ1) is 12.5. The molecule has 144 valence electrons. The van der Waals surface area contributed by atoms with Crippen LogP contribution in [-0.2, 0) is 24.0 Å². The number of nitrogens with zero attached hydrogens (tertiary/aromatic N) is 1. The summed E-state index contributed by atoms with van der Waals surface area (Å²) in [5.41, 5.74) is -0.548. The lowest BCUT2D eigenvalue weighted by Gasteiger charge is -2.24. The molecule has 3 rings (SSSR count). The Hall–Kier alpha value is -2.57. The van der Waals surface area contributed by atoms with Crippen molar-refractivity contribution in [2.75, 3.05) is 0 Å². The first-order valence-electron chi connectivity index (χ1n) is 8.41. The zero-order chi connectivity index (χ0) is 20.0. The average Bonchev–Trinajstić information content (AvgIpc) is 2.95. The van der Waals surface area contributed by atoms with Crippen molar-refractivity contribution in [3.63, 3.8) is 0 Å². The van der Waals surface area contributed by atoms with E-state index in [9.17, 15) is 22.4 Å². The number of halogens is 4. The number of amides is 1. The lowest BCUT2D eigenvalue weighted by molar-refractivity contribution is -0.137. The predicted octanol–water partition coefficient (Wildman–Crippen LogP) is 5.76. The molecule has 1 heterocycles. The van der Waals surface area contributed by atoms with Crippen molar-refractivity contribution in [1.82, 2.24) is 4.90 Å². The van der Waals surface area contributed by atoms with E-state index in [4.69, 9.17) is 4.74 Å². The SMILES string of the molecule is CC(C)(C)OC(=O)N1Cc2ccc(-c3c(F)cccc3C(F)(F)F)cc2C1. The summed E-state index contributed by atoms with van der Waals surface area (Å²) in [6, 6.07) is 7.49. The maximum absolute atomic E-state index is 14.2. The topological polar surface area (TPSA) is 29.5 Å². The summed E-state index contributed by atoms with van der Waals surface area (Å²) in [7, 11) is 0. The second-order valence-electron chi connectivity index (χ2n) is 7.48. The van der Waals surface area contributed by atoms with Crippen LogP contribution in [-0.4, -0.2) is 16.6 Å². The van der Waals surface area contributed by atoms with E-state index >= 15 is 0 Å². The highest BCUT2D eigenvalue weighted by molar-refractivity contribution is 5.72. The molecule has 27 heavy (non-hydrogen) atoms. The number of rotatable bonds is 1. The van der Waals surface area contributed by atoms with E-state index in [0.29, 0.717) is 12.1 Å². The molecule has 0 bridgehead atoms. The van der Waals surface area contributed by atoms with Crippen molar-refractivity contribution in [3.8, 4) is 11.1 Å². The second kappa shape index (κ2) is 6.55. The van der Waals surface area contributed by atoms with Crippen LogP contribution < -0.4 is 0 Å². The normalized spacial score (nSPS) is 14.3. The first kappa shape index (κ1) is 19.2. The molecule has 0 spiro atoms. The lowest BCUT2D eigenvalue weighted by atomic mass is 9.96. The van der Waals surface area contributed by atoms with E-state index in [1.54, 1.807) is 26.8 Å². The van der Waals surface area contributed by atoms with Gasteiger partial charge < -0.3 is 4.74 Å². The Bertz CT molecular complexity index is 885. The zero-order valence-corrected chi connectivity index (χ0v) is 15.2. The summed E-state index contributed by atoms with van der Waals surface area (Å²) >= 11 is 0. The summed E-state index contributed by atoms with van der Waals surface area (Å²) in [5.74, 6) is -0.938. The van der Waals surface area contributed by atoms with Gasteiger partial charge in [0.15, 0.2) is 0 Å². The quantitative estimate of drug-likeness (QED) is 0.588. The molecule has 0 atom stereocenters. The third-order valence-electron chi connectivity index (χ3n) is 4.19. The smallest absolute Gasteiger partial charge is 0.417 e. The molecule has 0 saturated carbocycles. The van der Waals surface area contributed by atoms with Gasteiger partial charge in [-0.15, -0.1) is 0 Å². The molecular weight excluding hydrogens is 362 g/mol. The van der Waals surface area contributed by atoms with Crippen LogP contribution >= 0.6 is 0 Å². The van der Waals surface area contributed by atoms with Crippen LogP contribution in [0.1, 0.15) is 37.5 Å². The number of ether oxygens (including phenoxy) is 1. The van der Waals surface area contributed by atoms with E-state index in [2.05, 4.69) is 0 Å². The molecule has 2 aromatic rings. The molecule has 0 saturated heterocycles. The minimum atomic E-state index is -4.67. The Morgan fingerprint density at radius 1 is 1.04 bits per heavy atom. The summed E-state index contributed by atoms with van der Waals surface area (Å²) in [4.78, 5) is 13.7. The van der Waals surface area contributed by atoms with E-state index in [1.165, 1.54) is 17.0 Å². The third-order valence-corrected chi connectivity index (χ3v) is 4.19. The summed E-state index contributed by atoms with van der Waals surface area (Å²) < 4.78 is 59.4. The Labute approximate surface area is 154 Å². The van der Waals surface area contributed by atoms with Gasteiger partial charge in [-0.25, -0.2) is 9.18 Å². The molecule has 0 aliphatic carbocycles. The minimum Gasteiger partial charge on any atom is -0.444 e. The van der Waals surface area contributed by atoms with Gasteiger partial charge in [-0.2, -0.15) is 13.2 Å². The fourth-order valence-corrected chi connectivity index (χ4v) is 3.06. The molecule has 1 aliphatic heterocycles. The van der Waals surface area contributed by atoms with Crippen molar-refractivity contribution < 1.29 is 27.1 Å². The highest BCUT2D eigenvalue weighted by atomic mass is 19.4. The van der Waals surface area contributed by atoms with Gasteiger partial charge in [-0.3, -0.25) is 4.90 Å². The van der Waals surface area contributed by atoms with Gasteiger partial charge >= 0.3 is 12.3 Å². The predicted molar refractivity (Wildman–Crippen MR) is 92.3 cm³/mol. The maximum atomic E-state index is 14.2. The van der Waals surface area contributed by atoms with E-state index < -0.39 is 34.8 Å². The molecule has 7 heteroatoms. The molecule has 1 amide bonds. The van der Waals surface area contributed by atoms with Crippen molar-refractivity contribution in [1.29, 1.82) is 0 Å². The van der Waals surface area contributed by atoms with Gasteiger partial charge in [0.2, 0.25) is 0 Å². The van der Waals surface area contributed by atoms with Gasteiger partial charge in [0.1, 0.15) is 11.4 Å². The zero-order valence-electron chi connectivity index (χ0n) is 15.2. The van der Waals surface area contributed by atoms with Crippen LogP contribution in [0.3, 0.4) is 0 Å². The van der Waals surface area contributed by atoms with Crippen molar-refractivity contribution in [2.24, 2.45) is 0 Å². The van der Waals surface area contributed by atoms with Crippen LogP contribution in [0.5, 0.6) is 0 Å². The molecule has 3 nitrogen and oxygen atoms in total. The monoisotopic (exact) mass is 381 g/mol.